The fourth-order valence-electron chi connectivity index (χ4n) is 3.16. The molecule has 1 amide bonds. The third-order valence-electron chi connectivity index (χ3n) is 4.83. The van der Waals surface area contributed by atoms with Gasteiger partial charge in [-0.25, -0.2) is 0 Å². The van der Waals surface area contributed by atoms with Crippen molar-refractivity contribution in [1.82, 2.24) is 15.5 Å². The van der Waals surface area contributed by atoms with E-state index in [4.69, 9.17) is 11.6 Å². The van der Waals surface area contributed by atoms with Crippen LogP contribution in [0.1, 0.15) is 39.5 Å². The molecule has 1 fully saturated rings. The molecule has 0 bridgehead atoms. The van der Waals surface area contributed by atoms with E-state index in [0.29, 0.717) is 30.1 Å². The maximum atomic E-state index is 12.0. The predicted molar refractivity (Wildman–Crippen MR) is 114 cm³/mol. The summed E-state index contributed by atoms with van der Waals surface area (Å²) in [5.41, 5.74) is 0.766. The molecule has 27 heavy (non-hydrogen) atoms. The van der Waals surface area contributed by atoms with Crippen molar-refractivity contribution in [2.24, 2.45) is 4.99 Å². The van der Waals surface area contributed by atoms with Crippen LogP contribution in [0, 0.1) is 0 Å². The maximum absolute atomic E-state index is 12.0. The molecule has 1 aliphatic rings. The third-order valence-corrected chi connectivity index (χ3v) is 5.08. The average Bonchev–Trinajstić information content (AvgIpc) is 2.66. The van der Waals surface area contributed by atoms with Crippen LogP contribution in [0.15, 0.2) is 29.3 Å². The van der Waals surface area contributed by atoms with Gasteiger partial charge in [0.1, 0.15) is 0 Å². The maximum Gasteiger partial charge on any atom is 0.224 e. The molecule has 0 atom stereocenters. The number of amides is 1. The number of nitrogens with zero attached hydrogens (tertiary/aromatic N) is 2. The van der Waals surface area contributed by atoms with Crippen molar-refractivity contribution in [2.45, 2.75) is 51.6 Å². The number of hydrogen-bond acceptors (Lipinski definition) is 3. The number of aliphatic imine (C=N–C) groups is 1. The van der Waals surface area contributed by atoms with E-state index < -0.39 is 0 Å². The Labute approximate surface area is 167 Å². The van der Waals surface area contributed by atoms with Gasteiger partial charge in [0.25, 0.3) is 0 Å². The van der Waals surface area contributed by atoms with E-state index in [-0.39, 0.29) is 5.91 Å². The number of carbonyl (C=O) groups is 1. The molecule has 150 valence electrons. The number of nitrogens with one attached hydrogen (secondary N) is 3. The number of carbonyl (C=O) groups excluding carboxylic acids is 1. The monoisotopic (exact) mass is 393 g/mol. The minimum absolute atomic E-state index is 0.00289. The van der Waals surface area contributed by atoms with Crippen molar-refractivity contribution >= 4 is 29.2 Å². The second-order valence-corrected chi connectivity index (χ2v) is 7.64. The Morgan fingerprint density at radius 2 is 1.93 bits per heavy atom. The molecular formula is C20H32ClN5O. The van der Waals surface area contributed by atoms with Gasteiger partial charge in [-0.15, -0.1) is 0 Å². The number of halogens is 1. The normalized spacial score (nSPS) is 16.4. The van der Waals surface area contributed by atoms with Crippen LogP contribution in [0.4, 0.5) is 5.69 Å². The standard InChI is InChI=1S/C20H32ClN5O/c1-15(2)26-13-10-18(11-14-26)25-20(22-3)23-12-4-5-19(27)24-17-8-6-16(21)7-9-17/h6-9,15,18H,4-5,10-14H2,1-3H3,(H,24,27)(H2,22,23,25). The first kappa shape index (κ1) is 21.5. The van der Waals surface area contributed by atoms with Crippen molar-refractivity contribution in [1.29, 1.82) is 0 Å². The van der Waals surface area contributed by atoms with Crippen molar-refractivity contribution in [3.8, 4) is 0 Å². The molecule has 1 heterocycles. The number of anilines is 1. The van der Waals surface area contributed by atoms with Gasteiger partial charge in [0.15, 0.2) is 5.96 Å². The smallest absolute Gasteiger partial charge is 0.224 e. The summed E-state index contributed by atoms with van der Waals surface area (Å²) in [6, 6.07) is 8.20. The van der Waals surface area contributed by atoms with Crippen LogP contribution in [-0.2, 0) is 4.79 Å². The Morgan fingerprint density at radius 3 is 2.52 bits per heavy atom. The van der Waals surface area contributed by atoms with Crippen LogP contribution in [0.25, 0.3) is 0 Å². The van der Waals surface area contributed by atoms with Crippen molar-refractivity contribution in [2.75, 3.05) is 32.0 Å². The van der Waals surface area contributed by atoms with Crippen LogP contribution in [0.5, 0.6) is 0 Å². The molecular weight excluding hydrogens is 362 g/mol. The van der Waals surface area contributed by atoms with E-state index in [0.717, 1.165) is 44.0 Å². The summed E-state index contributed by atoms with van der Waals surface area (Å²) in [7, 11) is 1.78. The predicted octanol–water partition coefficient (Wildman–Crippen LogP) is 3.10. The van der Waals surface area contributed by atoms with Gasteiger partial charge in [0.2, 0.25) is 5.91 Å². The number of rotatable bonds is 7. The second-order valence-electron chi connectivity index (χ2n) is 7.21. The number of guanidine groups is 1. The van der Waals surface area contributed by atoms with Crippen molar-refractivity contribution < 1.29 is 4.79 Å². The van der Waals surface area contributed by atoms with Crippen molar-refractivity contribution in [3.63, 3.8) is 0 Å². The molecule has 1 aliphatic heterocycles. The van der Waals surface area contributed by atoms with Gasteiger partial charge in [-0.1, -0.05) is 11.6 Å². The minimum Gasteiger partial charge on any atom is -0.356 e. The zero-order valence-corrected chi connectivity index (χ0v) is 17.4. The van der Waals surface area contributed by atoms with Gasteiger partial charge in [0.05, 0.1) is 0 Å². The Morgan fingerprint density at radius 1 is 1.26 bits per heavy atom. The molecule has 7 heteroatoms. The molecule has 0 aromatic heterocycles. The van der Waals surface area contributed by atoms with E-state index in [2.05, 4.69) is 39.7 Å². The van der Waals surface area contributed by atoms with E-state index in [1.807, 2.05) is 0 Å². The summed E-state index contributed by atoms with van der Waals surface area (Å²) < 4.78 is 0. The number of hydrogen-bond donors (Lipinski definition) is 3. The first-order valence-electron chi connectivity index (χ1n) is 9.74. The molecule has 0 aliphatic carbocycles. The lowest BCUT2D eigenvalue weighted by Gasteiger charge is -2.35. The summed E-state index contributed by atoms with van der Waals surface area (Å²) in [5, 5.41) is 10.3. The average molecular weight is 394 g/mol. The quantitative estimate of drug-likeness (QED) is 0.378. The lowest BCUT2D eigenvalue weighted by Crippen LogP contribution is -2.50. The van der Waals surface area contributed by atoms with Gasteiger partial charge < -0.3 is 20.9 Å². The van der Waals surface area contributed by atoms with Crippen LogP contribution in [0.2, 0.25) is 5.02 Å². The van der Waals surface area contributed by atoms with Gasteiger partial charge in [-0.3, -0.25) is 9.79 Å². The molecule has 3 N–H and O–H groups in total. The van der Waals surface area contributed by atoms with Gasteiger partial charge in [0, 0.05) is 55.9 Å². The number of piperidine rings is 1. The SMILES string of the molecule is CN=C(NCCCC(=O)Nc1ccc(Cl)cc1)NC1CCN(C(C)C)CC1. The van der Waals surface area contributed by atoms with Crippen LogP contribution >= 0.6 is 11.6 Å². The first-order chi connectivity index (χ1) is 13.0. The van der Waals surface area contributed by atoms with Crippen LogP contribution < -0.4 is 16.0 Å². The van der Waals surface area contributed by atoms with Gasteiger partial charge in [-0.05, 0) is 57.4 Å². The molecule has 0 radical (unpaired) electrons. The van der Waals surface area contributed by atoms with E-state index in [1.54, 1.807) is 31.3 Å². The number of likely N-dealkylation sites (tertiary alicyclic amines) is 1. The largest absolute Gasteiger partial charge is 0.356 e. The molecule has 6 nitrogen and oxygen atoms in total. The highest BCUT2D eigenvalue weighted by Gasteiger charge is 2.21. The molecule has 0 unspecified atom stereocenters. The fourth-order valence-corrected chi connectivity index (χ4v) is 3.29. The Kier molecular flexibility index (Phi) is 8.88. The topological polar surface area (TPSA) is 68.8 Å². The molecule has 1 aromatic carbocycles. The lowest BCUT2D eigenvalue weighted by molar-refractivity contribution is -0.116. The summed E-state index contributed by atoms with van der Waals surface area (Å²) in [4.78, 5) is 18.8. The molecule has 2 rings (SSSR count). The van der Waals surface area contributed by atoms with Gasteiger partial charge >= 0.3 is 0 Å². The van der Waals surface area contributed by atoms with Crippen LogP contribution in [-0.4, -0.2) is 55.5 Å². The van der Waals surface area contributed by atoms with Gasteiger partial charge in [-0.2, -0.15) is 0 Å². The fraction of sp³-hybridized carbons (Fsp3) is 0.600. The van der Waals surface area contributed by atoms with E-state index in [1.165, 1.54) is 0 Å². The van der Waals surface area contributed by atoms with E-state index >= 15 is 0 Å². The molecule has 1 saturated heterocycles. The molecule has 0 saturated carbocycles. The third kappa shape index (κ3) is 7.77. The zero-order chi connectivity index (χ0) is 19.6. The Balaban J connectivity index is 1.62. The van der Waals surface area contributed by atoms with Crippen LogP contribution in [0.3, 0.4) is 0 Å². The second kappa shape index (κ2) is 11.1. The summed E-state index contributed by atoms with van der Waals surface area (Å²) in [5.74, 6) is 0.819. The summed E-state index contributed by atoms with van der Waals surface area (Å²) in [6.07, 6.45) is 3.45. The highest BCUT2D eigenvalue weighted by molar-refractivity contribution is 6.30. The number of benzene rings is 1. The summed E-state index contributed by atoms with van der Waals surface area (Å²) >= 11 is 5.84. The Hall–Kier alpha value is -1.79. The zero-order valence-electron chi connectivity index (χ0n) is 16.6. The van der Waals surface area contributed by atoms with E-state index in [9.17, 15) is 4.79 Å². The molecule has 0 spiro atoms. The van der Waals surface area contributed by atoms with Crippen molar-refractivity contribution in [3.05, 3.63) is 29.3 Å². The summed E-state index contributed by atoms with van der Waals surface area (Å²) in [6.45, 7) is 7.45. The molecule has 1 aromatic rings. The highest BCUT2D eigenvalue weighted by atomic mass is 35.5. The minimum atomic E-state index is 0.00289. The highest BCUT2D eigenvalue weighted by Crippen LogP contribution is 2.14. The lowest BCUT2D eigenvalue weighted by atomic mass is 10.0. The Bertz CT molecular complexity index is 609. The first-order valence-corrected chi connectivity index (χ1v) is 10.1.